The Labute approximate surface area is 184 Å². The second-order valence-electron chi connectivity index (χ2n) is 7.80. The van der Waals surface area contributed by atoms with E-state index in [1.807, 2.05) is 0 Å². The lowest BCUT2D eigenvalue weighted by Crippen LogP contribution is -2.34. The van der Waals surface area contributed by atoms with Gasteiger partial charge < -0.3 is 9.88 Å². The largest absolute Gasteiger partial charge is 0.433 e. The molecule has 8 nitrogen and oxygen atoms in total. The van der Waals surface area contributed by atoms with Gasteiger partial charge in [0.1, 0.15) is 5.69 Å². The van der Waals surface area contributed by atoms with Gasteiger partial charge in [-0.2, -0.15) is 26.3 Å². The van der Waals surface area contributed by atoms with Crippen molar-refractivity contribution in [2.45, 2.75) is 49.7 Å². The monoisotopic (exact) mass is 499 g/mol. The van der Waals surface area contributed by atoms with Crippen LogP contribution in [-0.2, 0) is 23.1 Å². The van der Waals surface area contributed by atoms with Gasteiger partial charge >= 0.3 is 12.4 Å². The second-order valence-corrected chi connectivity index (χ2v) is 9.73. The highest BCUT2D eigenvalue weighted by Crippen LogP contribution is 2.33. The molecule has 0 spiro atoms. The van der Waals surface area contributed by atoms with Crippen LogP contribution in [0.15, 0.2) is 17.3 Å². The molecule has 1 aliphatic carbocycles. The number of rotatable bonds is 7. The Balaban J connectivity index is 1.91. The number of aryl methyl sites for hydroxylation is 1. The van der Waals surface area contributed by atoms with E-state index < -0.39 is 57.2 Å². The number of nitrogens with zero attached hydrogens (tertiary/aromatic N) is 4. The Morgan fingerprint density at radius 1 is 1.18 bits per heavy atom. The molecule has 0 aliphatic heterocycles. The van der Waals surface area contributed by atoms with Crippen LogP contribution in [0.3, 0.4) is 0 Å². The van der Waals surface area contributed by atoms with Crippen molar-refractivity contribution in [1.29, 1.82) is 0 Å². The number of sulfone groups is 1. The lowest BCUT2D eigenvalue weighted by Gasteiger charge is -2.20. The summed E-state index contributed by atoms with van der Waals surface area (Å²) in [6.07, 6.45) is -9.72. The Morgan fingerprint density at radius 3 is 2.33 bits per heavy atom. The Kier molecular flexibility index (Phi) is 6.47. The quantitative estimate of drug-likeness (QED) is 0.587. The average Bonchev–Trinajstić information content (AvgIpc) is 3.36. The summed E-state index contributed by atoms with van der Waals surface area (Å²) in [5, 5.41) is 8.62. The fraction of sp³-hybridized carbons (Fsp3) is 0.556. The molecule has 1 amide bonds. The molecule has 1 unspecified atom stereocenters. The number of carbonyl (C=O) groups is 1. The summed E-state index contributed by atoms with van der Waals surface area (Å²) in [4.78, 5) is 15.9. The number of hydrogen-bond acceptors (Lipinski definition) is 6. The fourth-order valence-corrected chi connectivity index (χ4v) is 4.98. The normalized spacial score (nSPS) is 16.0. The van der Waals surface area contributed by atoms with E-state index in [1.165, 1.54) is 0 Å². The molecule has 15 heteroatoms. The molecule has 0 radical (unpaired) electrons. The standard InChI is InChI=1S/C18H19F6N5O3S/c1-9-11(5-6-13(25-9)18(22,23)24)15(30)26-12(7-17(19,20)21)14-27-28-16(29(14)2)33(31,32)8-10-3-4-10/h5-6,10,12H,3-4,7-8H2,1-2H3,(H,26,30). The third-order valence-electron chi connectivity index (χ3n) is 4.97. The maximum absolute atomic E-state index is 13.2. The van der Waals surface area contributed by atoms with E-state index in [0.717, 1.165) is 37.4 Å². The molecule has 33 heavy (non-hydrogen) atoms. The number of alkyl halides is 6. The van der Waals surface area contributed by atoms with Crippen LogP contribution in [-0.4, -0.2) is 46.0 Å². The number of amides is 1. The van der Waals surface area contributed by atoms with Gasteiger partial charge in [-0.15, -0.1) is 10.2 Å². The van der Waals surface area contributed by atoms with Crippen molar-refractivity contribution in [2.75, 3.05) is 5.75 Å². The molecule has 182 valence electrons. The maximum Gasteiger partial charge on any atom is 0.433 e. The molecule has 0 aromatic carbocycles. The molecular weight excluding hydrogens is 480 g/mol. The minimum Gasteiger partial charge on any atom is -0.342 e. The lowest BCUT2D eigenvalue weighted by molar-refractivity contribution is -0.141. The van der Waals surface area contributed by atoms with Gasteiger partial charge in [0.05, 0.1) is 29.5 Å². The minimum absolute atomic E-state index is 0.0454. The Morgan fingerprint density at radius 2 is 1.82 bits per heavy atom. The molecule has 0 bridgehead atoms. The zero-order valence-corrected chi connectivity index (χ0v) is 18.1. The highest BCUT2D eigenvalue weighted by Gasteiger charge is 2.39. The van der Waals surface area contributed by atoms with E-state index in [1.54, 1.807) is 0 Å². The lowest BCUT2D eigenvalue weighted by atomic mass is 10.1. The van der Waals surface area contributed by atoms with E-state index in [9.17, 15) is 39.6 Å². The molecule has 1 fully saturated rings. The molecule has 2 aromatic heterocycles. The highest BCUT2D eigenvalue weighted by molar-refractivity contribution is 7.91. The van der Waals surface area contributed by atoms with E-state index in [2.05, 4.69) is 20.5 Å². The number of hydrogen-bond donors (Lipinski definition) is 1. The van der Waals surface area contributed by atoms with Crippen LogP contribution in [0.1, 0.15) is 52.9 Å². The SMILES string of the molecule is Cc1nc(C(F)(F)F)ccc1C(=O)NC(CC(F)(F)F)c1nnc(S(=O)(=O)CC2CC2)n1C. The fourth-order valence-electron chi connectivity index (χ4n) is 3.20. The molecule has 0 saturated heterocycles. The zero-order chi connectivity index (χ0) is 24.8. The topological polar surface area (TPSA) is 107 Å². The van der Waals surface area contributed by atoms with Gasteiger partial charge in [0, 0.05) is 7.05 Å². The van der Waals surface area contributed by atoms with E-state index in [0.29, 0.717) is 6.07 Å². The van der Waals surface area contributed by atoms with Crippen molar-refractivity contribution in [3.63, 3.8) is 0 Å². The van der Waals surface area contributed by atoms with Crippen LogP contribution in [0.2, 0.25) is 0 Å². The molecule has 1 saturated carbocycles. The summed E-state index contributed by atoms with van der Waals surface area (Å²) in [5.41, 5.74) is -1.99. The molecule has 2 heterocycles. The molecule has 1 atom stereocenters. The molecule has 1 N–H and O–H groups in total. The van der Waals surface area contributed by atoms with Gasteiger partial charge in [-0.1, -0.05) is 0 Å². The average molecular weight is 499 g/mol. The number of nitrogens with one attached hydrogen (secondary N) is 1. The van der Waals surface area contributed by atoms with Gasteiger partial charge in [0.25, 0.3) is 5.91 Å². The molecule has 3 rings (SSSR count). The Hall–Kier alpha value is -2.71. The van der Waals surface area contributed by atoms with Crippen molar-refractivity contribution in [3.05, 3.63) is 34.9 Å². The smallest absolute Gasteiger partial charge is 0.342 e. The predicted molar refractivity (Wildman–Crippen MR) is 101 cm³/mol. The van der Waals surface area contributed by atoms with Crippen LogP contribution in [0.4, 0.5) is 26.3 Å². The van der Waals surface area contributed by atoms with Crippen LogP contribution in [0.25, 0.3) is 0 Å². The third kappa shape index (κ3) is 6.00. The second kappa shape index (κ2) is 8.57. The first-order chi connectivity index (χ1) is 15.1. The van der Waals surface area contributed by atoms with Crippen molar-refractivity contribution >= 4 is 15.7 Å². The van der Waals surface area contributed by atoms with Gasteiger partial charge in [0.15, 0.2) is 5.82 Å². The number of carbonyl (C=O) groups excluding carboxylic acids is 1. The zero-order valence-electron chi connectivity index (χ0n) is 17.3. The van der Waals surface area contributed by atoms with E-state index >= 15 is 0 Å². The predicted octanol–water partition coefficient (Wildman–Crippen LogP) is 3.14. The van der Waals surface area contributed by atoms with E-state index in [-0.39, 0.29) is 22.9 Å². The minimum atomic E-state index is -4.79. The Bertz CT molecular complexity index is 1160. The maximum atomic E-state index is 13.2. The van der Waals surface area contributed by atoms with Crippen molar-refractivity contribution in [2.24, 2.45) is 13.0 Å². The number of pyridine rings is 1. The highest BCUT2D eigenvalue weighted by atomic mass is 32.2. The van der Waals surface area contributed by atoms with Gasteiger partial charge in [-0.25, -0.2) is 13.4 Å². The summed E-state index contributed by atoms with van der Waals surface area (Å²) in [5.74, 6) is -1.86. The first-order valence-corrected chi connectivity index (χ1v) is 11.3. The van der Waals surface area contributed by atoms with E-state index in [4.69, 9.17) is 0 Å². The van der Waals surface area contributed by atoms with Crippen LogP contribution < -0.4 is 5.32 Å². The van der Waals surface area contributed by atoms with Gasteiger partial charge in [-0.05, 0) is 37.8 Å². The molecular formula is C18H19F6N5O3S. The van der Waals surface area contributed by atoms with Crippen LogP contribution in [0.5, 0.6) is 0 Å². The van der Waals surface area contributed by atoms with Crippen LogP contribution in [0, 0.1) is 12.8 Å². The molecule has 2 aromatic rings. The summed E-state index contributed by atoms with van der Waals surface area (Å²) in [6.45, 7) is 1.10. The first-order valence-electron chi connectivity index (χ1n) is 9.63. The summed E-state index contributed by atoms with van der Waals surface area (Å²) in [7, 11) is -2.75. The van der Waals surface area contributed by atoms with Gasteiger partial charge in [0.2, 0.25) is 15.0 Å². The summed E-state index contributed by atoms with van der Waals surface area (Å²) >= 11 is 0. The summed E-state index contributed by atoms with van der Waals surface area (Å²) in [6, 6.07) is -0.514. The molecule has 1 aliphatic rings. The summed E-state index contributed by atoms with van der Waals surface area (Å²) < 4.78 is 104. The third-order valence-corrected chi connectivity index (χ3v) is 6.79. The number of aromatic nitrogens is 4. The van der Waals surface area contributed by atoms with Crippen molar-refractivity contribution in [1.82, 2.24) is 25.1 Å². The van der Waals surface area contributed by atoms with Crippen molar-refractivity contribution < 1.29 is 39.6 Å². The number of halogens is 6. The van der Waals surface area contributed by atoms with Crippen LogP contribution >= 0.6 is 0 Å². The first kappa shape index (κ1) is 24.9. The van der Waals surface area contributed by atoms with Crippen molar-refractivity contribution in [3.8, 4) is 0 Å². The van der Waals surface area contributed by atoms with Gasteiger partial charge in [-0.3, -0.25) is 4.79 Å².